The zero-order valence-corrected chi connectivity index (χ0v) is 13.7. The Kier molecular flexibility index (Phi) is 4.12. The number of ether oxygens (including phenoxy) is 1. The quantitative estimate of drug-likeness (QED) is 0.689. The van der Waals surface area contributed by atoms with Crippen LogP contribution in [0.2, 0.25) is 0 Å². The summed E-state index contributed by atoms with van der Waals surface area (Å²) in [6.45, 7) is 0. The number of esters is 1. The first kappa shape index (κ1) is 15.2. The van der Waals surface area contributed by atoms with Crippen LogP contribution in [0.3, 0.4) is 0 Å². The van der Waals surface area contributed by atoms with E-state index < -0.39 is 5.97 Å². The van der Waals surface area contributed by atoms with Gasteiger partial charge in [0.15, 0.2) is 0 Å². The molecule has 3 aromatic rings. The molecule has 0 radical (unpaired) electrons. The number of methoxy groups -OCH3 is 1. The maximum Gasteiger partial charge on any atom is 0.354 e. The average molecular weight is 374 g/mol. The van der Waals surface area contributed by atoms with Crippen molar-refractivity contribution in [2.45, 2.75) is 0 Å². The van der Waals surface area contributed by atoms with Gasteiger partial charge in [0.2, 0.25) is 0 Å². The van der Waals surface area contributed by atoms with Crippen molar-refractivity contribution in [2.75, 3.05) is 12.4 Å². The molecule has 2 aromatic heterocycles. The number of benzene rings is 1. The Labute approximate surface area is 140 Å². The monoisotopic (exact) mass is 373 g/mol. The fraction of sp³-hybridized carbons (Fsp3) is 0.0625. The van der Waals surface area contributed by atoms with Crippen LogP contribution in [0, 0.1) is 0 Å². The number of nitrogens with zero attached hydrogens (tertiary/aromatic N) is 1. The minimum Gasteiger partial charge on any atom is -0.464 e. The largest absolute Gasteiger partial charge is 0.464 e. The minimum atomic E-state index is -0.469. The van der Waals surface area contributed by atoms with Crippen LogP contribution in [-0.4, -0.2) is 29.0 Å². The highest BCUT2D eigenvalue weighted by atomic mass is 79.9. The number of carbonyl (C=O) groups is 2. The van der Waals surface area contributed by atoms with E-state index in [2.05, 4.69) is 36.0 Å². The van der Waals surface area contributed by atoms with Crippen LogP contribution in [0.25, 0.3) is 11.0 Å². The van der Waals surface area contributed by atoms with E-state index in [-0.39, 0.29) is 5.91 Å². The number of pyridine rings is 1. The first-order valence-corrected chi connectivity index (χ1v) is 7.50. The standard InChI is InChI=1S/C16H12BrN3O3/c1-23-16(22)13-7-10-6-12(8-18-14(10)20-13)19-15(21)9-2-4-11(17)5-3-9/h2-8H,1H3,(H,18,20)(H,19,21). The van der Waals surface area contributed by atoms with Crippen LogP contribution in [0.5, 0.6) is 0 Å². The lowest BCUT2D eigenvalue weighted by atomic mass is 10.2. The van der Waals surface area contributed by atoms with Gasteiger partial charge in [-0.2, -0.15) is 0 Å². The molecule has 0 unspecified atom stereocenters. The number of hydrogen-bond donors (Lipinski definition) is 2. The van der Waals surface area contributed by atoms with Crippen molar-refractivity contribution in [2.24, 2.45) is 0 Å². The normalized spacial score (nSPS) is 10.5. The van der Waals surface area contributed by atoms with Gasteiger partial charge in [-0.25, -0.2) is 9.78 Å². The molecule has 6 nitrogen and oxygen atoms in total. The molecule has 0 saturated heterocycles. The van der Waals surface area contributed by atoms with Crippen molar-refractivity contribution in [3.05, 3.63) is 58.3 Å². The van der Waals surface area contributed by atoms with E-state index in [9.17, 15) is 9.59 Å². The Morgan fingerprint density at radius 1 is 1.22 bits per heavy atom. The number of hydrogen-bond acceptors (Lipinski definition) is 4. The number of aromatic amines is 1. The zero-order chi connectivity index (χ0) is 16.4. The number of carbonyl (C=O) groups excluding carboxylic acids is 2. The first-order chi connectivity index (χ1) is 11.1. The molecule has 1 amide bonds. The number of anilines is 1. The maximum atomic E-state index is 12.2. The number of rotatable bonds is 3. The van der Waals surface area contributed by atoms with Gasteiger partial charge in [-0.3, -0.25) is 4.79 Å². The number of aromatic nitrogens is 2. The highest BCUT2D eigenvalue weighted by Gasteiger charge is 2.11. The average Bonchev–Trinajstić information content (AvgIpc) is 2.98. The molecule has 0 atom stereocenters. The summed E-state index contributed by atoms with van der Waals surface area (Å²) < 4.78 is 5.56. The molecular weight excluding hydrogens is 362 g/mol. The fourth-order valence-corrected chi connectivity index (χ4v) is 2.37. The lowest BCUT2D eigenvalue weighted by molar-refractivity contribution is 0.0595. The molecule has 0 bridgehead atoms. The van der Waals surface area contributed by atoms with Gasteiger partial charge in [0.1, 0.15) is 11.3 Å². The second-order valence-electron chi connectivity index (χ2n) is 4.80. The van der Waals surface area contributed by atoms with E-state index in [1.807, 2.05) is 0 Å². The summed E-state index contributed by atoms with van der Waals surface area (Å²) >= 11 is 3.33. The third-order valence-electron chi connectivity index (χ3n) is 3.24. The molecule has 3 rings (SSSR count). The van der Waals surface area contributed by atoms with E-state index in [4.69, 9.17) is 0 Å². The molecule has 0 fully saturated rings. The molecule has 0 aliphatic rings. The summed E-state index contributed by atoms with van der Waals surface area (Å²) in [4.78, 5) is 30.7. The van der Waals surface area contributed by atoms with Crippen LogP contribution >= 0.6 is 15.9 Å². The van der Waals surface area contributed by atoms with Crippen LogP contribution in [0.15, 0.2) is 47.1 Å². The Bertz CT molecular complexity index is 887. The minimum absolute atomic E-state index is 0.234. The number of halogens is 1. The van der Waals surface area contributed by atoms with Gasteiger partial charge in [-0.15, -0.1) is 0 Å². The van der Waals surface area contributed by atoms with E-state index in [0.717, 1.165) is 4.47 Å². The zero-order valence-electron chi connectivity index (χ0n) is 12.1. The third kappa shape index (κ3) is 3.24. The highest BCUT2D eigenvalue weighted by Crippen LogP contribution is 2.19. The maximum absolute atomic E-state index is 12.2. The van der Waals surface area contributed by atoms with E-state index in [0.29, 0.717) is 28.0 Å². The Hall–Kier alpha value is -2.67. The number of H-pyrrole nitrogens is 1. The van der Waals surface area contributed by atoms with Crippen molar-refractivity contribution in [3.63, 3.8) is 0 Å². The summed E-state index contributed by atoms with van der Waals surface area (Å²) in [5.41, 5.74) is 1.94. The van der Waals surface area contributed by atoms with Crippen LogP contribution < -0.4 is 5.32 Å². The summed E-state index contributed by atoms with van der Waals surface area (Å²) in [6.07, 6.45) is 1.52. The van der Waals surface area contributed by atoms with Gasteiger partial charge in [0.25, 0.3) is 5.91 Å². The number of fused-ring (bicyclic) bond motifs is 1. The third-order valence-corrected chi connectivity index (χ3v) is 3.77. The van der Waals surface area contributed by atoms with Crippen LogP contribution in [-0.2, 0) is 4.74 Å². The Morgan fingerprint density at radius 3 is 2.65 bits per heavy atom. The van der Waals surface area contributed by atoms with Crippen molar-refractivity contribution in [3.8, 4) is 0 Å². The Morgan fingerprint density at radius 2 is 1.96 bits per heavy atom. The van der Waals surface area contributed by atoms with Gasteiger partial charge < -0.3 is 15.0 Å². The predicted octanol–water partition coefficient (Wildman–Crippen LogP) is 3.36. The number of nitrogens with one attached hydrogen (secondary N) is 2. The molecule has 0 aliphatic carbocycles. The molecule has 23 heavy (non-hydrogen) atoms. The molecule has 7 heteroatoms. The predicted molar refractivity (Wildman–Crippen MR) is 89.5 cm³/mol. The summed E-state index contributed by atoms with van der Waals surface area (Å²) in [6, 6.07) is 10.4. The molecule has 0 saturated carbocycles. The Balaban J connectivity index is 1.84. The summed E-state index contributed by atoms with van der Waals surface area (Å²) in [5.74, 6) is -0.703. The van der Waals surface area contributed by atoms with E-state index in [1.165, 1.54) is 13.3 Å². The lowest BCUT2D eigenvalue weighted by Gasteiger charge is -2.05. The van der Waals surface area contributed by atoms with E-state index >= 15 is 0 Å². The van der Waals surface area contributed by atoms with Crippen LogP contribution in [0.4, 0.5) is 5.69 Å². The van der Waals surface area contributed by atoms with E-state index in [1.54, 1.807) is 36.4 Å². The summed E-state index contributed by atoms with van der Waals surface area (Å²) in [5, 5.41) is 3.48. The van der Waals surface area contributed by atoms with Gasteiger partial charge in [-0.05, 0) is 36.4 Å². The lowest BCUT2D eigenvalue weighted by Crippen LogP contribution is -2.11. The molecule has 116 valence electrons. The van der Waals surface area contributed by atoms with Crippen molar-refractivity contribution >= 4 is 44.5 Å². The second-order valence-corrected chi connectivity index (χ2v) is 5.71. The smallest absolute Gasteiger partial charge is 0.354 e. The van der Waals surface area contributed by atoms with Gasteiger partial charge in [-0.1, -0.05) is 15.9 Å². The molecule has 1 aromatic carbocycles. The second kappa shape index (κ2) is 6.21. The van der Waals surface area contributed by atoms with Crippen LogP contribution in [0.1, 0.15) is 20.8 Å². The van der Waals surface area contributed by atoms with Gasteiger partial charge >= 0.3 is 5.97 Å². The topological polar surface area (TPSA) is 84.1 Å². The first-order valence-electron chi connectivity index (χ1n) is 6.71. The van der Waals surface area contributed by atoms with Crippen molar-refractivity contribution < 1.29 is 14.3 Å². The molecule has 0 aliphatic heterocycles. The molecule has 0 spiro atoms. The summed E-state index contributed by atoms with van der Waals surface area (Å²) in [7, 11) is 1.31. The SMILES string of the molecule is COC(=O)c1cc2cc(NC(=O)c3ccc(Br)cc3)cnc2[nH]1. The molecular formula is C16H12BrN3O3. The molecule has 2 N–H and O–H groups in total. The van der Waals surface area contributed by atoms with Crippen molar-refractivity contribution in [1.82, 2.24) is 9.97 Å². The molecule has 2 heterocycles. The highest BCUT2D eigenvalue weighted by molar-refractivity contribution is 9.10. The van der Waals surface area contributed by atoms with Gasteiger partial charge in [0.05, 0.1) is 19.0 Å². The number of amides is 1. The van der Waals surface area contributed by atoms with Crippen molar-refractivity contribution in [1.29, 1.82) is 0 Å². The fourth-order valence-electron chi connectivity index (χ4n) is 2.11. The van der Waals surface area contributed by atoms with Gasteiger partial charge in [0, 0.05) is 15.4 Å².